The van der Waals surface area contributed by atoms with Gasteiger partial charge in [-0.25, -0.2) is 4.79 Å². The Balaban J connectivity index is 1.85. The molecule has 0 aromatic heterocycles. The number of Topliss-reactive ketones (excluding diaryl/α,β-unsaturated/α-hetero) is 1. The van der Waals surface area contributed by atoms with E-state index in [1.807, 2.05) is 30.3 Å². The molecule has 2 rings (SSSR count). The van der Waals surface area contributed by atoms with Crippen molar-refractivity contribution in [1.29, 1.82) is 0 Å². The van der Waals surface area contributed by atoms with Crippen LogP contribution >= 0.6 is 0 Å². The molecule has 0 aliphatic heterocycles. The van der Waals surface area contributed by atoms with Crippen LogP contribution in [0.1, 0.15) is 15.9 Å². The van der Waals surface area contributed by atoms with E-state index in [4.69, 9.17) is 9.47 Å². The van der Waals surface area contributed by atoms with Gasteiger partial charge in [0, 0.05) is 11.6 Å². The van der Waals surface area contributed by atoms with Crippen LogP contribution in [0.3, 0.4) is 0 Å². The quantitative estimate of drug-likeness (QED) is 0.467. The highest BCUT2D eigenvalue weighted by Gasteiger charge is 2.08. The van der Waals surface area contributed by atoms with Crippen molar-refractivity contribution in [3.8, 4) is 5.75 Å². The third-order valence-corrected chi connectivity index (χ3v) is 2.97. The minimum atomic E-state index is -0.550. The summed E-state index contributed by atoms with van der Waals surface area (Å²) in [5.41, 5.74) is 1.36. The van der Waals surface area contributed by atoms with Crippen molar-refractivity contribution in [3.63, 3.8) is 0 Å². The van der Waals surface area contributed by atoms with Gasteiger partial charge in [0.2, 0.25) is 0 Å². The van der Waals surface area contributed by atoms with E-state index >= 15 is 0 Å². The van der Waals surface area contributed by atoms with E-state index in [1.54, 1.807) is 37.5 Å². The van der Waals surface area contributed by atoms with Gasteiger partial charge in [-0.2, -0.15) is 0 Å². The van der Waals surface area contributed by atoms with Gasteiger partial charge in [-0.15, -0.1) is 0 Å². The monoisotopic (exact) mass is 296 g/mol. The zero-order valence-corrected chi connectivity index (χ0v) is 12.2. The van der Waals surface area contributed by atoms with E-state index in [1.165, 1.54) is 6.08 Å². The van der Waals surface area contributed by atoms with Gasteiger partial charge in [-0.05, 0) is 35.9 Å². The fourth-order valence-corrected chi connectivity index (χ4v) is 1.77. The van der Waals surface area contributed by atoms with Crippen molar-refractivity contribution in [2.75, 3.05) is 13.7 Å². The minimum absolute atomic E-state index is 0.260. The Labute approximate surface area is 129 Å². The van der Waals surface area contributed by atoms with Gasteiger partial charge in [0.15, 0.2) is 12.4 Å². The number of hydrogen-bond donors (Lipinski definition) is 0. The van der Waals surface area contributed by atoms with Gasteiger partial charge < -0.3 is 9.47 Å². The molecular formula is C18H16O4. The number of benzene rings is 2. The maximum absolute atomic E-state index is 11.9. The molecule has 0 amide bonds. The summed E-state index contributed by atoms with van der Waals surface area (Å²) in [5, 5.41) is 0. The summed E-state index contributed by atoms with van der Waals surface area (Å²) in [7, 11) is 1.55. The first-order chi connectivity index (χ1) is 10.7. The molecule has 0 heterocycles. The van der Waals surface area contributed by atoms with Crippen molar-refractivity contribution in [1.82, 2.24) is 0 Å². The number of ketones is 1. The zero-order valence-electron chi connectivity index (χ0n) is 12.2. The molecule has 112 valence electrons. The van der Waals surface area contributed by atoms with Crippen LogP contribution in [0.4, 0.5) is 0 Å². The van der Waals surface area contributed by atoms with Gasteiger partial charge in [0.25, 0.3) is 0 Å². The number of methoxy groups -OCH3 is 1. The molecule has 0 saturated carbocycles. The van der Waals surface area contributed by atoms with Crippen LogP contribution in [0, 0.1) is 0 Å². The molecule has 4 heteroatoms. The molecule has 2 aromatic rings. The van der Waals surface area contributed by atoms with Gasteiger partial charge in [0.1, 0.15) is 5.75 Å². The van der Waals surface area contributed by atoms with Crippen LogP contribution in [0.25, 0.3) is 6.08 Å². The first-order valence-electron chi connectivity index (χ1n) is 6.76. The summed E-state index contributed by atoms with van der Waals surface area (Å²) in [6.45, 7) is -0.287. The lowest BCUT2D eigenvalue weighted by atomic mass is 10.1. The van der Waals surface area contributed by atoms with Crippen molar-refractivity contribution >= 4 is 17.8 Å². The summed E-state index contributed by atoms with van der Waals surface area (Å²) in [6, 6.07) is 16.0. The molecule has 0 saturated heterocycles. The van der Waals surface area contributed by atoms with Crippen molar-refractivity contribution < 1.29 is 19.1 Å². The van der Waals surface area contributed by atoms with E-state index in [9.17, 15) is 9.59 Å². The highest BCUT2D eigenvalue weighted by Crippen LogP contribution is 2.11. The standard InChI is InChI=1S/C18H16O4/c1-21-16-10-8-15(9-11-16)17(19)13-22-18(20)12-7-14-5-3-2-4-6-14/h2-12H,13H2,1H3/b12-7+. The lowest BCUT2D eigenvalue weighted by molar-refractivity contribution is -0.136. The highest BCUT2D eigenvalue weighted by atomic mass is 16.5. The predicted molar refractivity (Wildman–Crippen MR) is 83.8 cm³/mol. The van der Waals surface area contributed by atoms with E-state index < -0.39 is 5.97 Å². The van der Waals surface area contributed by atoms with E-state index in [0.717, 1.165) is 5.56 Å². The van der Waals surface area contributed by atoms with E-state index in [2.05, 4.69) is 0 Å². The van der Waals surface area contributed by atoms with E-state index in [0.29, 0.717) is 11.3 Å². The zero-order chi connectivity index (χ0) is 15.8. The Morgan fingerprint density at radius 1 is 1.00 bits per heavy atom. The topological polar surface area (TPSA) is 52.6 Å². The van der Waals surface area contributed by atoms with Gasteiger partial charge in [0.05, 0.1) is 7.11 Å². The molecule has 0 radical (unpaired) electrons. The third-order valence-electron chi connectivity index (χ3n) is 2.97. The number of ether oxygens (including phenoxy) is 2. The van der Waals surface area contributed by atoms with Crippen molar-refractivity contribution in [2.24, 2.45) is 0 Å². The average molecular weight is 296 g/mol. The maximum atomic E-state index is 11.9. The number of carbonyl (C=O) groups excluding carboxylic acids is 2. The van der Waals surface area contributed by atoms with Crippen LogP contribution < -0.4 is 4.74 Å². The minimum Gasteiger partial charge on any atom is -0.497 e. The van der Waals surface area contributed by atoms with Crippen molar-refractivity contribution in [2.45, 2.75) is 0 Å². The Hall–Kier alpha value is -2.88. The fraction of sp³-hybridized carbons (Fsp3) is 0.111. The molecule has 0 unspecified atom stereocenters. The molecule has 4 nitrogen and oxygen atoms in total. The number of rotatable bonds is 6. The van der Waals surface area contributed by atoms with Crippen LogP contribution in [0.5, 0.6) is 5.75 Å². The molecule has 0 aliphatic rings. The first-order valence-corrected chi connectivity index (χ1v) is 6.76. The van der Waals surface area contributed by atoms with Gasteiger partial charge in [-0.1, -0.05) is 30.3 Å². The summed E-state index contributed by atoms with van der Waals surface area (Å²) >= 11 is 0. The SMILES string of the molecule is COc1ccc(C(=O)COC(=O)/C=C/c2ccccc2)cc1. The fourth-order valence-electron chi connectivity index (χ4n) is 1.77. The highest BCUT2D eigenvalue weighted by molar-refractivity contribution is 5.99. The number of hydrogen-bond acceptors (Lipinski definition) is 4. The molecule has 0 bridgehead atoms. The van der Waals surface area contributed by atoms with E-state index in [-0.39, 0.29) is 12.4 Å². The number of carbonyl (C=O) groups is 2. The van der Waals surface area contributed by atoms with Crippen LogP contribution in [-0.4, -0.2) is 25.5 Å². The smallest absolute Gasteiger partial charge is 0.331 e. The Morgan fingerprint density at radius 2 is 1.68 bits per heavy atom. The Kier molecular flexibility index (Phi) is 5.49. The molecule has 2 aromatic carbocycles. The Morgan fingerprint density at radius 3 is 2.32 bits per heavy atom. The predicted octanol–water partition coefficient (Wildman–Crippen LogP) is 3.13. The van der Waals surface area contributed by atoms with Crippen molar-refractivity contribution in [3.05, 3.63) is 71.8 Å². The summed E-state index contributed by atoms with van der Waals surface area (Å²) in [5.74, 6) is -0.144. The molecular weight excluding hydrogens is 280 g/mol. The largest absolute Gasteiger partial charge is 0.497 e. The summed E-state index contributed by atoms with van der Waals surface area (Å²) in [4.78, 5) is 23.5. The number of esters is 1. The molecule has 0 spiro atoms. The normalized spacial score (nSPS) is 10.4. The average Bonchev–Trinajstić information content (AvgIpc) is 2.58. The van der Waals surface area contributed by atoms with Crippen LogP contribution in [0.2, 0.25) is 0 Å². The second-order valence-corrected chi connectivity index (χ2v) is 4.50. The molecule has 0 atom stereocenters. The van der Waals surface area contributed by atoms with Gasteiger partial charge >= 0.3 is 5.97 Å². The maximum Gasteiger partial charge on any atom is 0.331 e. The molecule has 22 heavy (non-hydrogen) atoms. The summed E-state index contributed by atoms with van der Waals surface area (Å²) in [6.07, 6.45) is 2.94. The van der Waals surface area contributed by atoms with Gasteiger partial charge in [-0.3, -0.25) is 4.79 Å². The first kappa shape index (κ1) is 15.5. The lowest BCUT2D eigenvalue weighted by Crippen LogP contribution is -2.12. The third kappa shape index (κ3) is 4.59. The molecule has 0 N–H and O–H groups in total. The Bertz CT molecular complexity index is 657. The van der Waals surface area contributed by atoms with Crippen LogP contribution in [-0.2, 0) is 9.53 Å². The summed E-state index contributed by atoms with van der Waals surface area (Å²) < 4.78 is 9.95. The van der Waals surface area contributed by atoms with Crippen LogP contribution in [0.15, 0.2) is 60.7 Å². The molecule has 0 aliphatic carbocycles. The molecule has 0 fully saturated rings. The second kappa shape index (κ2) is 7.78. The lowest BCUT2D eigenvalue weighted by Gasteiger charge is -2.03. The second-order valence-electron chi connectivity index (χ2n) is 4.50.